The number of anilines is 1. The van der Waals surface area contributed by atoms with E-state index < -0.39 is 0 Å². The van der Waals surface area contributed by atoms with Crippen LogP contribution in [0.1, 0.15) is 16.3 Å². The van der Waals surface area contributed by atoms with Crippen LogP contribution in [0.4, 0.5) is 10.1 Å². The summed E-state index contributed by atoms with van der Waals surface area (Å²) in [4.78, 5) is 20.8. The Morgan fingerprint density at radius 1 is 1.16 bits per heavy atom. The third-order valence-electron chi connectivity index (χ3n) is 5.11. The van der Waals surface area contributed by atoms with E-state index in [1.807, 2.05) is 47.5 Å². The van der Waals surface area contributed by atoms with Gasteiger partial charge in [0, 0.05) is 37.6 Å². The minimum atomic E-state index is -0.228. The number of hydrogen-bond donors (Lipinski definition) is 0. The third-order valence-corrected chi connectivity index (χ3v) is 5.94. The molecule has 2 heterocycles. The summed E-state index contributed by atoms with van der Waals surface area (Å²) >= 11 is 1.60. The number of aryl methyl sites for hydroxylation is 1. The average Bonchev–Trinajstić information content (AvgIpc) is 3.22. The number of thiazole rings is 1. The lowest BCUT2D eigenvalue weighted by Gasteiger charge is -2.35. The van der Waals surface area contributed by atoms with Crippen molar-refractivity contribution in [2.24, 2.45) is 0 Å². The summed E-state index contributed by atoms with van der Waals surface area (Å²) in [6.07, 6.45) is 3.38. The summed E-state index contributed by atoms with van der Waals surface area (Å²) < 4.78 is 19.8. The van der Waals surface area contributed by atoms with Gasteiger partial charge in [0.25, 0.3) is 0 Å². The first-order valence-corrected chi connectivity index (χ1v) is 11.1. The number of hydrogen-bond acceptors (Lipinski definition) is 5. The molecule has 5 nitrogen and oxygen atoms in total. The maximum absolute atomic E-state index is 14.0. The van der Waals surface area contributed by atoms with E-state index in [1.54, 1.807) is 40.5 Å². The normalized spacial score (nSPS) is 14.3. The van der Waals surface area contributed by atoms with E-state index in [2.05, 4.69) is 4.98 Å². The molecule has 4 rings (SSSR count). The largest absolute Gasteiger partial charge is 0.487 e. The molecule has 7 heteroatoms. The lowest BCUT2D eigenvalue weighted by atomic mass is 10.2. The zero-order valence-corrected chi connectivity index (χ0v) is 18.1. The first-order chi connectivity index (χ1) is 15.1. The number of halogens is 1. The Labute approximate surface area is 185 Å². The van der Waals surface area contributed by atoms with Crippen LogP contribution in [-0.2, 0) is 11.4 Å². The average molecular weight is 438 g/mol. The Morgan fingerprint density at radius 3 is 2.71 bits per heavy atom. The lowest BCUT2D eigenvalue weighted by Crippen LogP contribution is -2.48. The molecule has 0 atom stereocenters. The fourth-order valence-corrected chi connectivity index (χ4v) is 4.09. The Morgan fingerprint density at radius 2 is 1.97 bits per heavy atom. The topological polar surface area (TPSA) is 45.7 Å². The first kappa shape index (κ1) is 21.1. The van der Waals surface area contributed by atoms with Crippen LogP contribution in [0.2, 0.25) is 0 Å². The van der Waals surface area contributed by atoms with Crippen LogP contribution >= 0.6 is 11.3 Å². The van der Waals surface area contributed by atoms with Gasteiger partial charge in [-0.05, 0) is 42.8 Å². The highest BCUT2D eigenvalue weighted by Gasteiger charge is 2.21. The van der Waals surface area contributed by atoms with Crippen molar-refractivity contribution in [3.8, 4) is 5.75 Å². The summed E-state index contributed by atoms with van der Waals surface area (Å²) in [5.41, 5.74) is 2.40. The number of piperazine rings is 1. The van der Waals surface area contributed by atoms with Crippen molar-refractivity contribution >= 4 is 29.0 Å². The summed E-state index contributed by atoms with van der Waals surface area (Å²) in [7, 11) is 0. The van der Waals surface area contributed by atoms with Gasteiger partial charge in [-0.1, -0.05) is 24.3 Å². The molecule has 2 aromatic carbocycles. The molecule has 31 heavy (non-hydrogen) atoms. The second kappa shape index (κ2) is 9.75. The summed E-state index contributed by atoms with van der Waals surface area (Å²) in [6.45, 7) is 4.74. The molecular weight excluding hydrogens is 413 g/mol. The number of amides is 1. The molecule has 3 aromatic rings. The fourth-order valence-electron chi connectivity index (χ4n) is 3.49. The van der Waals surface area contributed by atoms with Crippen molar-refractivity contribution in [1.82, 2.24) is 9.88 Å². The van der Waals surface area contributed by atoms with Crippen LogP contribution in [0.25, 0.3) is 6.08 Å². The molecule has 1 fully saturated rings. The fraction of sp³-hybridized carbons (Fsp3) is 0.250. The van der Waals surface area contributed by atoms with Crippen molar-refractivity contribution in [3.63, 3.8) is 0 Å². The zero-order chi connectivity index (χ0) is 21.6. The molecule has 0 bridgehead atoms. The van der Waals surface area contributed by atoms with E-state index in [1.165, 1.54) is 6.07 Å². The van der Waals surface area contributed by atoms with E-state index >= 15 is 0 Å². The van der Waals surface area contributed by atoms with E-state index in [9.17, 15) is 9.18 Å². The molecule has 160 valence electrons. The second-order valence-corrected chi connectivity index (χ2v) is 8.38. The van der Waals surface area contributed by atoms with Crippen molar-refractivity contribution in [3.05, 3.63) is 82.1 Å². The standard InChI is InChI=1S/C24H24FN3O2S/c1-18-26-20(17-31-18)16-30-21-6-4-5-19(15-21)9-10-24(29)28-13-11-27(12-14-28)23-8-3-2-7-22(23)25/h2-10,15,17H,11-14,16H2,1H3/b10-9+. The summed E-state index contributed by atoms with van der Waals surface area (Å²) in [5, 5.41) is 3.01. The minimum absolute atomic E-state index is 0.0440. The SMILES string of the molecule is Cc1nc(COc2cccc(/C=C/C(=O)N3CCN(c4ccccc4F)CC3)c2)cs1. The minimum Gasteiger partial charge on any atom is -0.487 e. The molecule has 1 aliphatic heterocycles. The van der Waals surface area contributed by atoms with E-state index in [0.717, 1.165) is 22.0 Å². The van der Waals surface area contributed by atoms with Gasteiger partial charge in [-0.2, -0.15) is 0 Å². The van der Waals surface area contributed by atoms with Crippen LogP contribution in [0.3, 0.4) is 0 Å². The van der Waals surface area contributed by atoms with Gasteiger partial charge in [0.1, 0.15) is 18.2 Å². The predicted octanol–water partition coefficient (Wildman–Crippen LogP) is 4.53. The number of ether oxygens (including phenoxy) is 1. The van der Waals surface area contributed by atoms with Gasteiger partial charge < -0.3 is 14.5 Å². The van der Waals surface area contributed by atoms with Crippen molar-refractivity contribution < 1.29 is 13.9 Å². The van der Waals surface area contributed by atoms with Crippen molar-refractivity contribution in [1.29, 1.82) is 0 Å². The number of carbonyl (C=O) groups excluding carboxylic acids is 1. The second-order valence-electron chi connectivity index (χ2n) is 7.32. The van der Waals surface area contributed by atoms with Gasteiger partial charge in [-0.3, -0.25) is 4.79 Å². The number of aromatic nitrogens is 1. The Hall–Kier alpha value is -3.19. The van der Waals surface area contributed by atoms with Gasteiger partial charge >= 0.3 is 0 Å². The van der Waals surface area contributed by atoms with Crippen LogP contribution < -0.4 is 9.64 Å². The molecular formula is C24H24FN3O2S. The van der Waals surface area contributed by atoms with Crippen LogP contribution in [0, 0.1) is 12.7 Å². The molecule has 0 saturated carbocycles. The molecule has 0 unspecified atom stereocenters. The maximum atomic E-state index is 14.0. The molecule has 0 aliphatic carbocycles. The molecule has 0 radical (unpaired) electrons. The quantitative estimate of drug-likeness (QED) is 0.532. The molecule has 1 aromatic heterocycles. The highest BCUT2D eigenvalue weighted by atomic mass is 32.1. The van der Waals surface area contributed by atoms with Crippen molar-refractivity contribution in [2.45, 2.75) is 13.5 Å². The van der Waals surface area contributed by atoms with Crippen LogP contribution in [0.5, 0.6) is 5.75 Å². The molecule has 1 saturated heterocycles. The molecule has 1 amide bonds. The van der Waals surface area contributed by atoms with Gasteiger partial charge in [0.05, 0.1) is 16.4 Å². The number of rotatable bonds is 6. The lowest BCUT2D eigenvalue weighted by molar-refractivity contribution is -0.126. The predicted molar refractivity (Wildman–Crippen MR) is 122 cm³/mol. The number of nitrogens with zero attached hydrogens (tertiary/aromatic N) is 3. The van der Waals surface area contributed by atoms with E-state index in [-0.39, 0.29) is 11.7 Å². The monoisotopic (exact) mass is 437 g/mol. The number of carbonyl (C=O) groups is 1. The highest BCUT2D eigenvalue weighted by molar-refractivity contribution is 7.09. The van der Waals surface area contributed by atoms with E-state index in [4.69, 9.17) is 4.74 Å². The van der Waals surface area contributed by atoms with Crippen LogP contribution in [0.15, 0.2) is 60.0 Å². The zero-order valence-electron chi connectivity index (χ0n) is 17.3. The van der Waals surface area contributed by atoms with Crippen molar-refractivity contribution in [2.75, 3.05) is 31.1 Å². The summed E-state index contributed by atoms with van der Waals surface area (Å²) in [5.74, 6) is 0.463. The van der Waals surface area contributed by atoms with Gasteiger partial charge in [-0.15, -0.1) is 11.3 Å². The number of para-hydroxylation sites is 1. The van der Waals surface area contributed by atoms with Crippen LogP contribution in [-0.4, -0.2) is 42.0 Å². The van der Waals surface area contributed by atoms with Gasteiger partial charge in [-0.25, -0.2) is 9.37 Å². The van der Waals surface area contributed by atoms with Gasteiger partial charge in [0.2, 0.25) is 5.91 Å². The third kappa shape index (κ3) is 5.49. The molecule has 1 aliphatic rings. The van der Waals surface area contributed by atoms with Gasteiger partial charge in [0.15, 0.2) is 0 Å². The number of benzene rings is 2. The van der Waals surface area contributed by atoms with E-state index in [0.29, 0.717) is 38.5 Å². The summed E-state index contributed by atoms with van der Waals surface area (Å²) in [6, 6.07) is 14.4. The highest BCUT2D eigenvalue weighted by Crippen LogP contribution is 2.21. The smallest absolute Gasteiger partial charge is 0.246 e. The Bertz CT molecular complexity index is 1070. The Balaban J connectivity index is 1.30. The maximum Gasteiger partial charge on any atom is 0.246 e. The Kier molecular flexibility index (Phi) is 6.62. The molecule has 0 spiro atoms. The molecule has 0 N–H and O–H groups in total. The first-order valence-electron chi connectivity index (χ1n) is 10.2.